The van der Waals surface area contributed by atoms with Crippen molar-refractivity contribution in [3.63, 3.8) is 0 Å². The molecule has 5 nitrogen and oxygen atoms in total. The molecule has 0 radical (unpaired) electrons. The molecular formula is C20H29NO4S. The van der Waals surface area contributed by atoms with Crippen LogP contribution in [0.25, 0.3) is 0 Å². The number of nitrogens with zero attached hydrogens (tertiary/aromatic N) is 1. The Balaban J connectivity index is 1.83. The number of sulfone groups is 1. The molecule has 1 amide bonds. The smallest absolute Gasteiger partial charge is 0.222 e. The van der Waals surface area contributed by atoms with E-state index in [-0.39, 0.29) is 29.8 Å². The standard InChI is InChI=1S/C20H29NO4S/c1-16(2)15-26(24,25)18-10-7-13-21(14-18)20(23)12-6-11-19(22)17-8-4-3-5-9-17/h3-5,8-9,16,18H,6-7,10-15H2,1-2H3/t18-/m1/s1. The monoisotopic (exact) mass is 379 g/mol. The van der Waals surface area contributed by atoms with Gasteiger partial charge >= 0.3 is 0 Å². The quantitative estimate of drug-likeness (QED) is 0.651. The molecule has 1 fully saturated rings. The highest BCUT2D eigenvalue weighted by Gasteiger charge is 2.32. The summed E-state index contributed by atoms with van der Waals surface area (Å²) in [7, 11) is -3.17. The highest BCUT2D eigenvalue weighted by molar-refractivity contribution is 7.92. The second-order valence-electron chi connectivity index (χ2n) is 7.47. The number of hydrogen-bond donors (Lipinski definition) is 0. The highest BCUT2D eigenvalue weighted by Crippen LogP contribution is 2.20. The summed E-state index contributed by atoms with van der Waals surface area (Å²) < 4.78 is 24.9. The van der Waals surface area contributed by atoms with Crippen LogP contribution in [0.2, 0.25) is 0 Å². The molecule has 1 aliphatic rings. The molecule has 0 spiro atoms. The first-order chi connectivity index (χ1) is 12.3. The Labute approximate surface area is 156 Å². The number of amides is 1. The Hall–Kier alpha value is -1.69. The molecule has 0 saturated carbocycles. The fourth-order valence-electron chi connectivity index (χ4n) is 3.39. The van der Waals surface area contributed by atoms with Gasteiger partial charge in [-0.1, -0.05) is 44.2 Å². The molecule has 1 aromatic rings. The van der Waals surface area contributed by atoms with Crippen molar-refractivity contribution in [1.29, 1.82) is 0 Å². The predicted octanol–water partition coefficient (Wildman–Crippen LogP) is 3.10. The first kappa shape index (κ1) is 20.6. The Morgan fingerprint density at radius 1 is 1.15 bits per heavy atom. The summed E-state index contributed by atoms with van der Waals surface area (Å²) in [5.74, 6) is 0.255. The number of carbonyl (C=O) groups is 2. The maximum Gasteiger partial charge on any atom is 0.222 e. The zero-order valence-electron chi connectivity index (χ0n) is 15.7. The van der Waals surface area contributed by atoms with Crippen LogP contribution >= 0.6 is 0 Å². The number of Topliss-reactive ketones (excluding diaryl/α,β-unsaturated/α-hetero) is 1. The van der Waals surface area contributed by atoms with Gasteiger partial charge in [-0.3, -0.25) is 9.59 Å². The van der Waals surface area contributed by atoms with E-state index < -0.39 is 15.1 Å². The predicted molar refractivity (Wildman–Crippen MR) is 103 cm³/mol. The fraction of sp³-hybridized carbons (Fsp3) is 0.600. The van der Waals surface area contributed by atoms with E-state index in [2.05, 4.69) is 0 Å². The number of ketones is 1. The summed E-state index contributed by atoms with van der Waals surface area (Å²) in [5.41, 5.74) is 0.665. The Morgan fingerprint density at radius 3 is 2.50 bits per heavy atom. The lowest BCUT2D eigenvalue weighted by atomic mass is 10.0. The minimum atomic E-state index is -3.17. The topological polar surface area (TPSA) is 71.5 Å². The Bertz CT molecular complexity index is 713. The minimum absolute atomic E-state index is 0.0365. The van der Waals surface area contributed by atoms with Crippen LogP contribution in [-0.4, -0.2) is 49.1 Å². The van der Waals surface area contributed by atoms with E-state index in [4.69, 9.17) is 0 Å². The van der Waals surface area contributed by atoms with Crippen LogP contribution in [0.5, 0.6) is 0 Å². The lowest BCUT2D eigenvalue weighted by Gasteiger charge is -2.33. The summed E-state index contributed by atoms with van der Waals surface area (Å²) in [6, 6.07) is 9.06. The van der Waals surface area contributed by atoms with Gasteiger partial charge in [0.1, 0.15) is 0 Å². The van der Waals surface area contributed by atoms with Crippen molar-refractivity contribution in [2.45, 2.75) is 51.2 Å². The van der Waals surface area contributed by atoms with Crippen LogP contribution in [0.3, 0.4) is 0 Å². The van der Waals surface area contributed by atoms with Crippen LogP contribution in [0.1, 0.15) is 56.3 Å². The van der Waals surface area contributed by atoms with Gasteiger partial charge in [0.05, 0.1) is 11.0 Å². The zero-order valence-corrected chi connectivity index (χ0v) is 16.5. The normalized spacial score (nSPS) is 18.1. The molecule has 2 rings (SSSR count). The molecule has 144 valence electrons. The van der Waals surface area contributed by atoms with Crippen molar-refractivity contribution < 1.29 is 18.0 Å². The van der Waals surface area contributed by atoms with Gasteiger partial charge in [-0.2, -0.15) is 0 Å². The van der Waals surface area contributed by atoms with Crippen molar-refractivity contribution in [1.82, 2.24) is 4.90 Å². The van der Waals surface area contributed by atoms with Crippen LogP contribution in [-0.2, 0) is 14.6 Å². The van der Waals surface area contributed by atoms with Gasteiger partial charge in [-0.05, 0) is 25.2 Å². The summed E-state index contributed by atoms with van der Waals surface area (Å²) in [4.78, 5) is 26.2. The van der Waals surface area contributed by atoms with Gasteiger partial charge in [0.2, 0.25) is 5.91 Å². The molecule has 1 saturated heterocycles. The third kappa shape index (κ3) is 5.94. The molecule has 1 aromatic carbocycles. The number of rotatable bonds is 8. The number of likely N-dealkylation sites (tertiary alicyclic amines) is 1. The Morgan fingerprint density at radius 2 is 1.85 bits per heavy atom. The van der Waals surface area contributed by atoms with Crippen molar-refractivity contribution in [3.8, 4) is 0 Å². The molecule has 0 aromatic heterocycles. The molecule has 26 heavy (non-hydrogen) atoms. The van der Waals surface area contributed by atoms with E-state index in [9.17, 15) is 18.0 Å². The zero-order chi connectivity index (χ0) is 19.2. The van der Waals surface area contributed by atoms with Crippen LogP contribution < -0.4 is 0 Å². The fourth-order valence-corrected chi connectivity index (χ4v) is 5.52. The van der Waals surface area contributed by atoms with E-state index >= 15 is 0 Å². The molecule has 1 aliphatic heterocycles. The van der Waals surface area contributed by atoms with Gasteiger partial charge in [-0.25, -0.2) is 8.42 Å². The minimum Gasteiger partial charge on any atom is -0.341 e. The molecule has 1 heterocycles. The molecule has 0 bridgehead atoms. The molecule has 0 unspecified atom stereocenters. The number of piperidine rings is 1. The highest BCUT2D eigenvalue weighted by atomic mass is 32.2. The van der Waals surface area contributed by atoms with Crippen molar-refractivity contribution in [3.05, 3.63) is 35.9 Å². The molecule has 6 heteroatoms. The Kier molecular flexibility index (Phi) is 7.38. The third-order valence-corrected chi connectivity index (χ3v) is 7.23. The van der Waals surface area contributed by atoms with E-state index in [1.807, 2.05) is 32.0 Å². The summed E-state index contributed by atoms with van der Waals surface area (Å²) in [5, 5.41) is -0.450. The first-order valence-electron chi connectivity index (χ1n) is 9.37. The molecule has 1 atom stereocenters. The van der Waals surface area contributed by atoms with E-state index in [1.165, 1.54) is 0 Å². The average molecular weight is 380 g/mol. The maximum atomic E-state index is 12.4. The van der Waals surface area contributed by atoms with E-state index in [1.54, 1.807) is 17.0 Å². The molecule has 0 N–H and O–H groups in total. The molecule has 0 aliphatic carbocycles. The number of hydrogen-bond acceptors (Lipinski definition) is 4. The van der Waals surface area contributed by atoms with Crippen LogP contribution in [0.15, 0.2) is 30.3 Å². The second kappa shape index (κ2) is 9.31. The van der Waals surface area contributed by atoms with Crippen molar-refractivity contribution >= 4 is 21.5 Å². The SMILES string of the molecule is CC(C)CS(=O)(=O)[C@@H]1CCCN(C(=O)CCCC(=O)c2ccccc2)C1. The van der Waals surface area contributed by atoms with Gasteiger partial charge < -0.3 is 4.90 Å². The summed E-state index contributed by atoms with van der Waals surface area (Å²) >= 11 is 0. The van der Waals surface area contributed by atoms with E-state index in [0.717, 1.165) is 6.42 Å². The van der Waals surface area contributed by atoms with Crippen molar-refractivity contribution in [2.75, 3.05) is 18.8 Å². The average Bonchev–Trinajstić information content (AvgIpc) is 2.61. The summed E-state index contributed by atoms with van der Waals surface area (Å²) in [6.45, 7) is 4.69. The van der Waals surface area contributed by atoms with Gasteiger partial charge in [-0.15, -0.1) is 0 Å². The van der Waals surface area contributed by atoms with Gasteiger partial charge in [0, 0.05) is 31.5 Å². The van der Waals surface area contributed by atoms with Crippen molar-refractivity contribution in [2.24, 2.45) is 5.92 Å². The van der Waals surface area contributed by atoms with Gasteiger partial charge in [0.15, 0.2) is 15.6 Å². The lowest BCUT2D eigenvalue weighted by molar-refractivity contribution is -0.132. The van der Waals surface area contributed by atoms with Gasteiger partial charge in [0.25, 0.3) is 0 Å². The lowest BCUT2D eigenvalue weighted by Crippen LogP contribution is -2.46. The largest absolute Gasteiger partial charge is 0.341 e. The third-order valence-electron chi connectivity index (χ3n) is 4.69. The first-order valence-corrected chi connectivity index (χ1v) is 11.1. The van der Waals surface area contributed by atoms with Crippen LogP contribution in [0, 0.1) is 5.92 Å². The number of benzene rings is 1. The molecular weight excluding hydrogens is 350 g/mol. The summed E-state index contributed by atoms with van der Waals surface area (Å²) in [6.07, 6.45) is 2.46. The maximum absolute atomic E-state index is 12.4. The second-order valence-corrected chi connectivity index (χ2v) is 9.80. The van der Waals surface area contributed by atoms with E-state index in [0.29, 0.717) is 37.9 Å². The number of carbonyl (C=O) groups excluding carboxylic acids is 2. The van der Waals surface area contributed by atoms with Crippen LogP contribution in [0.4, 0.5) is 0 Å².